The minimum atomic E-state index is -6.25. The molecule has 2 unspecified atom stereocenters. The Labute approximate surface area is 189 Å². The quantitative estimate of drug-likeness (QED) is 0.541. The van der Waals surface area contributed by atoms with Crippen molar-refractivity contribution in [3.8, 4) is 0 Å². The number of sulfone groups is 1. The molecule has 1 heterocycles. The Bertz CT molecular complexity index is 1180. The third-order valence-electron chi connectivity index (χ3n) is 6.48. The molecule has 33 heavy (non-hydrogen) atoms. The molecule has 0 radical (unpaired) electrons. The summed E-state index contributed by atoms with van der Waals surface area (Å²) in [6, 6.07) is 6.62. The van der Waals surface area contributed by atoms with Crippen molar-refractivity contribution in [2.24, 2.45) is 0 Å². The molecule has 1 fully saturated rings. The van der Waals surface area contributed by atoms with Gasteiger partial charge in [0.2, 0.25) is 0 Å². The first-order valence-corrected chi connectivity index (χ1v) is 11.7. The number of alkyl halides is 7. The van der Waals surface area contributed by atoms with Crippen LogP contribution in [0.15, 0.2) is 47.4 Å². The van der Waals surface area contributed by atoms with Gasteiger partial charge in [-0.25, -0.2) is 12.8 Å². The van der Waals surface area contributed by atoms with Crippen LogP contribution in [0.25, 0.3) is 0 Å². The van der Waals surface area contributed by atoms with Gasteiger partial charge in [0.1, 0.15) is 4.75 Å². The highest BCUT2D eigenvalue weighted by Crippen LogP contribution is 2.55. The van der Waals surface area contributed by atoms with Crippen LogP contribution in [0.5, 0.6) is 0 Å². The first-order chi connectivity index (χ1) is 15.2. The zero-order valence-electron chi connectivity index (χ0n) is 16.7. The number of hydrogen-bond acceptors (Lipinski definition) is 3. The van der Waals surface area contributed by atoms with Crippen LogP contribution in [0.2, 0.25) is 5.02 Å². The summed E-state index contributed by atoms with van der Waals surface area (Å²) in [6.45, 7) is 0.268. The van der Waals surface area contributed by atoms with Gasteiger partial charge in [-0.05, 0) is 55.1 Å². The van der Waals surface area contributed by atoms with Crippen LogP contribution in [0.3, 0.4) is 0 Å². The highest BCUT2D eigenvalue weighted by atomic mass is 35.5. The van der Waals surface area contributed by atoms with Gasteiger partial charge in [0.25, 0.3) is 0 Å². The molecule has 1 aliphatic heterocycles. The molecular formula is C21H17ClF7NO2S. The average Bonchev–Trinajstić information content (AvgIpc) is 3.17. The smallest absolute Gasteiger partial charge is 0.312 e. The second-order valence-electron chi connectivity index (χ2n) is 8.17. The van der Waals surface area contributed by atoms with Gasteiger partial charge in [0.15, 0.2) is 9.84 Å². The van der Waals surface area contributed by atoms with Crippen LogP contribution in [-0.2, 0) is 26.7 Å². The van der Waals surface area contributed by atoms with Crippen molar-refractivity contribution in [3.63, 3.8) is 0 Å². The molecule has 0 spiro atoms. The Hall–Kier alpha value is -1.85. The molecule has 0 saturated carbocycles. The topological polar surface area (TPSA) is 46.2 Å². The van der Waals surface area contributed by atoms with Crippen molar-refractivity contribution in [1.29, 1.82) is 0 Å². The molecular weight excluding hydrogens is 499 g/mol. The molecule has 12 heteroatoms. The van der Waals surface area contributed by atoms with Crippen molar-refractivity contribution in [1.82, 2.24) is 5.32 Å². The zero-order valence-corrected chi connectivity index (χ0v) is 18.3. The number of nitrogens with one attached hydrogen (secondary N) is 1. The minimum absolute atomic E-state index is 0.0144. The molecule has 1 aliphatic carbocycles. The molecule has 180 valence electrons. The Balaban J connectivity index is 1.93. The van der Waals surface area contributed by atoms with Crippen molar-refractivity contribution in [2.45, 2.75) is 53.0 Å². The summed E-state index contributed by atoms with van der Waals surface area (Å²) in [6.07, 6.45) is -12.3. The minimum Gasteiger partial charge on any atom is -0.312 e. The first-order valence-electron chi connectivity index (χ1n) is 9.86. The van der Waals surface area contributed by atoms with Gasteiger partial charge < -0.3 is 5.32 Å². The maximum atomic E-state index is 14.6. The Morgan fingerprint density at radius 3 is 2.24 bits per heavy atom. The largest absolute Gasteiger partial charge is 0.435 e. The summed E-state index contributed by atoms with van der Waals surface area (Å²) in [5.74, 6) is 0. The summed E-state index contributed by atoms with van der Waals surface area (Å²) in [7, 11) is -4.19. The molecule has 2 atom stereocenters. The fourth-order valence-electron chi connectivity index (χ4n) is 4.96. The van der Waals surface area contributed by atoms with Crippen LogP contribution < -0.4 is 5.32 Å². The predicted octanol–water partition coefficient (Wildman–Crippen LogP) is 5.61. The number of fused-ring (bicyclic) bond motifs is 3. The summed E-state index contributed by atoms with van der Waals surface area (Å²) < 4.78 is 120. The van der Waals surface area contributed by atoms with E-state index >= 15 is 0 Å². The second-order valence-corrected chi connectivity index (χ2v) is 10.8. The standard InChI is InChI=1S/C21H17ClF7NO2S/c22-14-2-1-3-15(11-14)33(31,32)18-8-9-30-17(18)7-4-12-10-13(5-6-16(12)18)19(23,20(24,25)26)21(27,28)29/h1-3,5-6,10-11,17,30H,4,7-9H2. The van der Waals surface area contributed by atoms with E-state index in [0.29, 0.717) is 12.1 Å². The normalized spacial score (nSPS) is 23.8. The van der Waals surface area contributed by atoms with E-state index in [2.05, 4.69) is 5.32 Å². The number of rotatable bonds is 3. The van der Waals surface area contributed by atoms with Gasteiger partial charge in [-0.15, -0.1) is 0 Å². The second kappa shape index (κ2) is 7.58. The van der Waals surface area contributed by atoms with Crippen molar-refractivity contribution in [3.05, 3.63) is 64.2 Å². The maximum absolute atomic E-state index is 14.6. The molecule has 1 saturated heterocycles. The van der Waals surface area contributed by atoms with E-state index in [1.165, 1.54) is 24.3 Å². The summed E-state index contributed by atoms with van der Waals surface area (Å²) in [5.41, 5.74) is -7.20. The SMILES string of the molecule is O=S(=O)(c1cccc(Cl)c1)C12CCNC1CCc1cc(C(F)(C(F)(F)F)C(F)(F)F)ccc12. The summed E-state index contributed by atoms with van der Waals surface area (Å²) >= 11 is 5.95. The highest BCUT2D eigenvalue weighted by Gasteiger charge is 2.73. The lowest BCUT2D eigenvalue weighted by Gasteiger charge is -2.41. The molecule has 3 nitrogen and oxygen atoms in total. The number of benzene rings is 2. The molecule has 4 rings (SSSR count). The Kier molecular flexibility index (Phi) is 5.57. The molecule has 2 aromatic rings. The molecule has 0 bridgehead atoms. The fraction of sp³-hybridized carbons (Fsp3) is 0.429. The van der Waals surface area contributed by atoms with Gasteiger partial charge in [0, 0.05) is 16.6 Å². The van der Waals surface area contributed by atoms with Crippen LogP contribution >= 0.6 is 11.6 Å². The first kappa shape index (κ1) is 24.3. The maximum Gasteiger partial charge on any atom is 0.435 e. The Morgan fingerprint density at radius 2 is 1.64 bits per heavy atom. The van der Waals surface area contributed by atoms with E-state index in [9.17, 15) is 39.2 Å². The van der Waals surface area contributed by atoms with E-state index < -0.39 is 44.2 Å². The lowest BCUT2D eigenvalue weighted by molar-refractivity contribution is -0.348. The van der Waals surface area contributed by atoms with Gasteiger partial charge in [-0.1, -0.05) is 35.9 Å². The van der Waals surface area contributed by atoms with Crippen LogP contribution in [-0.4, -0.2) is 33.4 Å². The lowest BCUT2D eigenvalue weighted by atomic mass is 9.77. The lowest BCUT2D eigenvalue weighted by Crippen LogP contribution is -2.51. The summed E-state index contributed by atoms with van der Waals surface area (Å²) in [4.78, 5) is -0.119. The monoisotopic (exact) mass is 515 g/mol. The van der Waals surface area contributed by atoms with Crippen LogP contribution in [0, 0.1) is 0 Å². The van der Waals surface area contributed by atoms with Crippen LogP contribution in [0.4, 0.5) is 30.7 Å². The van der Waals surface area contributed by atoms with Crippen molar-refractivity contribution in [2.75, 3.05) is 6.54 Å². The predicted molar refractivity (Wildman–Crippen MR) is 106 cm³/mol. The van der Waals surface area contributed by atoms with Gasteiger partial charge >= 0.3 is 18.0 Å². The average molecular weight is 516 g/mol. The number of halogens is 8. The van der Waals surface area contributed by atoms with Gasteiger partial charge in [-0.3, -0.25) is 0 Å². The zero-order chi connectivity index (χ0) is 24.4. The molecule has 0 amide bonds. The third-order valence-corrected chi connectivity index (χ3v) is 9.26. The van der Waals surface area contributed by atoms with Gasteiger partial charge in [-0.2, -0.15) is 26.3 Å². The van der Waals surface area contributed by atoms with Crippen LogP contribution in [0.1, 0.15) is 29.5 Å². The molecule has 0 aromatic heterocycles. The van der Waals surface area contributed by atoms with Crippen molar-refractivity contribution < 1.29 is 39.2 Å². The number of aryl methyl sites for hydroxylation is 1. The third kappa shape index (κ3) is 3.37. The molecule has 2 aliphatic rings. The van der Waals surface area contributed by atoms with Crippen molar-refractivity contribution >= 4 is 21.4 Å². The highest BCUT2D eigenvalue weighted by molar-refractivity contribution is 7.92. The van der Waals surface area contributed by atoms with E-state index in [1.54, 1.807) is 0 Å². The fourth-order valence-corrected chi connectivity index (χ4v) is 7.61. The number of hydrogen-bond donors (Lipinski definition) is 1. The molecule has 1 N–H and O–H groups in total. The van der Waals surface area contributed by atoms with E-state index in [0.717, 1.165) is 6.07 Å². The van der Waals surface area contributed by atoms with E-state index in [-0.39, 0.29) is 46.9 Å². The van der Waals surface area contributed by atoms with E-state index in [4.69, 9.17) is 11.6 Å². The van der Waals surface area contributed by atoms with E-state index in [1.807, 2.05) is 0 Å². The Morgan fingerprint density at radius 1 is 0.970 bits per heavy atom. The van der Waals surface area contributed by atoms with Gasteiger partial charge in [0.05, 0.1) is 4.90 Å². The summed E-state index contributed by atoms with van der Waals surface area (Å²) in [5, 5.41) is 3.23. The molecule has 2 aromatic carbocycles.